The van der Waals surface area contributed by atoms with Crippen molar-refractivity contribution in [1.82, 2.24) is 14.9 Å². The van der Waals surface area contributed by atoms with Crippen molar-refractivity contribution in [2.75, 3.05) is 5.75 Å². The van der Waals surface area contributed by atoms with E-state index in [2.05, 4.69) is 14.9 Å². The second-order valence-corrected chi connectivity index (χ2v) is 8.53. The third kappa shape index (κ3) is 4.55. The standard InChI is InChI=1S/C18H17N3O4S2/c1-3-26-18-20-19-17(25-18)14-8-10-15(11-9-14)27(23,24)21-16(22)13-6-4-12(2)5-7-13/h4-11H,3H2,1-2H3,(H,21,22). The normalized spacial score (nSPS) is 11.3. The molecule has 1 amide bonds. The number of nitrogens with one attached hydrogen (secondary N) is 1. The number of carbonyl (C=O) groups excluding carboxylic acids is 1. The average Bonchev–Trinajstić information content (AvgIpc) is 3.11. The molecular formula is C18H17N3O4S2. The van der Waals surface area contributed by atoms with Crippen LogP contribution < -0.4 is 4.72 Å². The maximum atomic E-state index is 12.4. The zero-order chi connectivity index (χ0) is 19.4. The quantitative estimate of drug-likeness (QED) is 0.630. The number of thioether (sulfide) groups is 1. The number of amides is 1. The van der Waals surface area contributed by atoms with Crippen molar-refractivity contribution in [2.45, 2.75) is 24.0 Å². The number of aromatic nitrogens is 2. The molecule has 0 bridgehead atoms. The van der Waals surface area contributed by atoms with Crippen LogP contribution in [0.3, 0.4) is 0 Å². The van der Waals surface area contributed by atoms with E-state index in [1.807, 2.05) is 13.8 Å². The van der Waals surface area contributed by atoms with Crippen molar-refractivity contribution in [3.63, 3.8) is 0 Å². The summed E-state index contributed by atoms with van der Waals surface area (Å²) in [5.41, 5.74) is 1.84. The summed E-state index contributed by atoms with van der Waals surface area (Å²) >= 11 is 1.42. The van der Waals surface area contributed by atoms with Gasteiger partial charge in [0, 0.05) is 11.1 Å². The van der Waals surface area contributed by atoms with Gasteiger partial charge in [0.25, 0.3) is 21.2 Å². The molecule has 27 heavy (non-hydrogen) atoms. The van der Waals surface area contributed by atoms with E-state index in [1.54, 1.807) is 36.4 Å². The van der Waals surface area contributed by atoms with E-state index in [0.29, 0.717) is 16.7 Å². The summed E-state index contributed by atoms with van der Waals surface area (Å²) < 4.78 is 32.4. The summed E-state index contributed by atoms with van der Waals surface area (Å²) in [5, 5.41) is 8.29. The number of hydrogen-bond donors (Lipinski definition) is 1. The Morgan fingerprint density at radius 1 is 1.07 bits per heavy atom. The Morgan fingerprint density at radius 2 is 1.74 bits per heavy atom. The molecule has 7 nitrogen and oxygen atoms in total. The van der Waals surface area contributed by atoms with E-state index in [-0.39, 0.29) is 10.5 Å². The largest absolute Gasteiger partial charge is 0.411 e. The van der Waals surface area contributed by atoms with Crippen molar-refractivity contribution < 1.29 is 17.6 Å². The highest BCUT2D eigenvalue weighted by Crippen LogP contribution is 2.24. The highest BCUT2D eigenvalue weighted by molar-refractivity contribution is 7.99. The fourth-order valence-electron chi connectivity index (χ4n) is 2.23. The zero-order valence-corrected chi connectivity index (χ0v) is 16.3. The van der Waals surface area contributed by atoms with Gasteiger partial charge in [0.2, 0.25) is 5.89 Å². The van der Waals surface area contributed by atoms with Gasteiger partial charge in [0.05, 0.1) is 4.90 Å². The van der Waals surface area contributed by atoms with Gasteiger partial charge >= 0.3 is 0 Å². The SMILES string of the molecule is CCSc1nnc(-c2ccc(S(=O)(=O)NC(=O)c3ccc(C)cc3)cc2)o1. The lowest BCUT2D eigenvalue weighted by Gasteiger charge is -2.07. The van der Waals surface area contributed by atoms with Crippen LogP contribution in [0.15, 0.2) is 63.1 Å². The molecule has 0 saturated heterocycles. The first-order valence-corrected chi connectivity index (χ1v) is 10.6. The van der Waals surface area contributed by atoms with Gasteiger partial charge in [0.15, 0.2) is 0 Å². The predicted molar refractivity (Wildman–Crippen MR) is 102 cm³/mol. The second-order valence-electron chi connectivity index (χ2n) is 5.63. The smallest absolute Gasteiger partial charge is 0.276 e. The molecule has 0 aliphatic carbocycles. The Labute approximate surface area is 161 Å². The van der Waals surface area contributed by atoms with Crippen LogP contribution in [0.1, 0.15) is 22.8 Å². The molecule has 0 fully saturated rings. The van der Waals surface area contributed by atoms with Gasteiger partial charge < -0.3 is 4.42 Å². The van der Waals surface area contributed by atoms with Crippen molar-refractivity contribution in [3.05, 3.63) is 59.7 Å². The highest BCUT2D eigenvalue weighted by Gasteiger charge is 2.19. The first kappa shape index (κ1) is 19.1. The van der Waals surface area contributed by atoms with E-state index in [4.69, 9.17) is 4.42 Å². The van der Waals surface area contributed by atoms with E-state index < -0.39 is 15.9 Å². The summed E-state index contributed by atoms with van der Waals surface area (Å²) in [6.45, 7) is 3.85. The van der Waals surface area contributed by atoms with Gasteiger partial charge in [0.1, 0.15) is 0 Å². The molecule has 0 saturated carbocycles. The third-order valence-corrected chi connectivity index (χ3v) is 5.67. The van der Waals surface area contributed by atoms with Crippen LogP contribution in [0, 0.1) is 6.92 Å². The summed E-state index contributed by atoms with van der Waals surface area (Å²) in [7, 11) is -3.99. The van der Waals surface area contributed by atoms with E-state index in [0.717, 1.165) is 11.3 Å². The monoisotopic (exact) mass is 403 g/mol. The summed E-state index contributed by atoms with van der Waals surface area (Å²) in [6.07, 6.45) is 0. The van der Waals surface area contributed by atoms with Crippen LogP contribution in [-0.2, 0) is 10.0 Å². The van der Waals surface area contributed by atoms with Gasteiger partial charge in [-0.2, -0.15) is 0 Å². The predicted octanol–water partition coefficient (Wildman–Crippen LogP) is 3.28. The molecule has 3 rings (SSSR count). The Hall–Kier alpha value is -2.65. The van der Waals surface area contributed by atoms with Crippen LogP contribution in [0.2, 0.25) is 0 Å². The molecule has 1 heterocycles. The average molecular weight is 403 g/mol. The van der Waals surface area contributed by atoms with Crippen LogP contribution in [0.4, 0.5) is 0 Å². The molecule has 9 heteroatoms. The summed E-state index contributed by atoms with van der Waals surface area (Å²) in [4.78, 5) is 12.1. The Balaban J connectivity index is 1.76. The molecule has 2 aromatic carbocycles. The lowest BCUT2D eigenvalue weighted by Crippen LogP contribution is -2.30. The Kier molecular flexibility index (Phi) is 5.62. The lowest BCUT2D eigenvalue weighted by atomic mass is 10.1. The minimum atomic E-state index is -3.99. The summed E-state index contributed by atoms with van der Waals surface area (Å²) in [6, 6.07) is 12.5. The van der Waals surface area contributed by atoms with Gasteiger partial charge in [-0.3, -0.25) is 4.79 Å². The molecule has 0 radical (unpaired) electrons. The number of hydrogen-bond acceptors (Lipinski definition) is 7. The van der Waals surface area contributed by atoms with Gasteiger partial charge in [-0.15, -0.1) is 10.2 Å². The maximum Gasteiger partial charge on any atom is 0.276 e. The number of sulfonamides is 1. The molecule has 0 spiro atoms. The molecule has 3 aromatic rings. The van der Waals surface area contributed by atoms with Crippen LogP contribution in [-0.4, -0.2) is 30.3 Å². The zero-order valence-electron chi connectivity index (χ0n) is 14.7. The first-order valence-electron chi connectivity index (χ1n) is 8.09. The van der Waals surface area contributed by atoms with Gasteiger partial charge in [-0.05, 0) is 49.1 Å². The molecule has 140 valence electrons. The van der Waals surface area contributed by atoms with Crippen molar-refractivity contribution >= 4 is 27.7 Å². The number of benzene rings is 2. The maximum absolute atomic E-state index is 12.4. The van der Waals surface area contributed by atoms with Crippen molar-refractivity contribution in [2.24, 2.45) is 0 Å². The molecule has 0 aliphatic rings. The molecule has 0 unspecified atom stereocenters. The Morgan fingerprint density at radius 3 is 2.37 bits per heavy atom. The topological polar surface area (TPSA) is 102 Å². The molecule has 1 N–H and O–H groups in total. The van der Waals surface area contributed by atoms with Crippen molar-refractivity contribution in [3.8, 4) is 11.5 Å². The first-order chi connectivity index (χ1) is 12.9. The minimum Gasteiger partial charge on any atom is -0.411 e. The number of carbonyl (C=O) groups is 1. The minimum absolute atomic E-state index is 0.0330. The van der Waals surface area contributed by atoms with E-state index in [1.165, 1.54) is 23.9 Å². The van der Waals surface area contributed by atoms with E-state index in [9.17, 15) is 13.2 Å². The van der Waals surface area contributed by atoms with Gasteiger partial charge in [-0.1, -0.05) is 36.4 Å². The van der Waals surface area contributed by atoms with Gasteiger partial charge in [-0.25, -0.2) is 13.1 Å². The van der Waals surface area contributed by atoms with Crippen molar-refractivity contribution in [1.29, 1.82) is 0 Å². The van der Waals surface area contributed by atoms with Crippen LogP contribution in [0.5, 0.6) is 0 Å². The van der Waals surface area contributed by atoms with Crippen LogP contribution in [0.25, 0.3) is 11.5 Å². The number of nitrogens with zero attached hydrogens (tertiary/aromatic N) is 2. The molecular weight excluding hydrogens is 386 g/mol. The fraction of sp³-hybridized carbons (Fsp3) is 0.167. The highest BCUT2D eigenvalue weighted by atomic mass is 32.2. The molecule has 1 aromatic heterocycles. The molecule has 0 aliphatic heterocycles. The van der Waals surface area contributed by atoms with E-state index >= 15 is 0 Å². The molecule has 0 atom stereocenters. The summed E-state index contributed by atoms with van der Waals surface area (Å²) in [5.74, 6) is 0.426. The lowest BCUT2D eigenvalue weighted by molar-refractivity contribution is 0.0981. The number of aryl methyl sites for hydroxylation is 1. The number of rotatable bonds is 6. The fourth-order valence-corrected chi connectivity index (χ4v) is 3.69. The third-order valence-electron chi connectivity index (χ3n) is 3.63. The Bertz CT molecular complexity index is 1040. The van der Waals surface area contributed by atoms with Crippen LogP contribution >= 0.6 is 11.8 Å². The second kappa shape index (κ2) is 7.93.